The van der Waals surface area contributed by atoms with E-state index in [-0.39, 0.29) is 0 Å². The van der Waals surface area contributed by atoms with Crippen molar-refractivity contribution in [2.45, 2.75) is 0 Å². The second-order valence-corrected chi connectivity index (χ2v) is 4.52. The first kappa shape index (κ1) is 11.8. The minimum atomic E-state index is 0.571. The van der Waals surface area contributed by atoms with Gasteiger partial charge in [0.2, 0.25) is 0 Å². The number of rotatable bonds is 2. The first-order chi connectivity index (χ1) is 9.24. The second-order valence-electron chi connectivity index (χ2n) is 4.11. The first-order valence-corrected chi connectivity index (χ1v) is 6.18. The smallest absolute Gasteiger partial charge is 0.146 e. The van der Waals surface area contributed by atoms with Crippen LogP contribution in [-0.4, -0.2) is 4.98 Å². The van der Waals surface area contributed by atoms with Crippen molar-refractivity contribution < 1.29 is 4.74 Å². The zero-order valence-corrected chi connectivity index (χ0v) is 10.8. The number of hydrogen-bond donors (Lipinski definition) is 1. The number of nitrogens with two attached hydrogens (primary N) is 1. The van der Waals surface area contributed by atoms with Crippen molar-refractivity contribution in [2.24, 2.45) is 0 Å². The summed E-state index contributed by atoms with van der Waals surface area (Å²) in [6.07, 6.45) is 1.69. The Morgan fingerprint density at radius 3 is 2.74 bits per heavy atom. The van der Waals surface area contributed by atoms with Crippen LogP contribution in [0.2, 0.25) is 5.02 Å². The van der Waals surface area contributed by atoms with E-state index >= 15 is 0 Å². The van der Waals surface area contributed by atoms with E-state index < -0.39 is 0 Å². The van der Waals surface area contributed by atoms with Gasteiger partial charge in [0.15, 0.2) is 0 Å². The molecule has 0 fully saturated rings. The van der Waals surface area contributed by atoms with Crippen LogP contribution >= 0.6 is 11.6 Å². The summed E-state index contributed by atoms with van der Waals surface area (Å²) in [7, 11) is 0. The van der Waals surface area contributed by atoms with Crippen molar-refractivity contribution in [1.82, 2.24) is 4.98 Å². The number of benzene rings is 2. The van der Waals surface area contributed by atoms with Gasteiger partial charge in [-0.2, -0.15) is 0 Å². The average Bonchev–Trinajstić information content (AvgIpc) is 2.42. The third-order valence-corrected chi connectivity index (χ3v) is 3.12. The molecule has 94 valence electrons. The van der Waals surface area contributed by atoms with Crippen molar-refractivity contribution in [1.29, 1.82) is 0 Å². The second kappa shape index (κ2) is 4.78. The molecule has 0 radical (unpaired) electrons. The molecule has 3 aromatic rings. The number of aromatic nitrogens is 1. The van der Waals surface area contributed by atoms with Gasteiger partial charge in [-0.3, -0.25) is 4.98 Å². The molecule has 1 aromatic heterocycles. The van der Waals surface area contributed by atoms with Crippen molar-refractivity contribution in [2.75, 3.05) is 5.73 Å². The van der Waals surface area contributed by atoms with E-state index in [4.69, 9.17) is 22.1 Å². The van der Waals surface area contributed by atoms with Crippen molar-refractivity contribution in [3.8, 4) is 11.5 Å². The number of para-hydroxylation sites is 1. The van der Waals surface area contributed by atoms with Gasteiger partial charge in [0, 0.05) is 17.3 Å². The van der Waals surface area contributed by atoms with Gasteiger partial charge in [-0.25, -0.2) is 0 Å². The lowest BCUT2D eigenvalue weighted by Crippen LogP contribution is -1.90. The third-order valence-electron chi connectivity index (χ3n) is 2.81. The fraction of sp³-hybridized carbons (Fsp3) is 0. The molecule has 3 rings (SSSR count). The zero-order chi connectivity index (χ0) is 13.2. The molecule has 0 atom stereocenters. The van der Waals surface area contributed by atoms with Crippen molar-refractivity contribution in [3.63, 3.8) is 0 Å². The topological polar surface area (TPSA) is 48.1 Å². The number of fused-ring (bicyclic) bond motifs is 1. The minimum Gasteiger partial charge on any atom is -0.456 e. The zero-order valence-electron chi connectivity index (χ0n) is 10.0. The van der Waals surface area contributed by atoms with Gasteiger partial charge in [0.25, 0.3) is 0 Å². The summed E-state index contributed by atoms with van der Waals surface area (Å²) in [5.41, 5.74) is 7.44. The highest BCUT2D eigenvalue weighted by atomic mass is 35.5. The highest BCUT2D eigenvalue weighted by Gasteiger charge is 2.05. The Labute approximate surface area is 115 Å². The average molecular weight is 271 g/mol. The van der Waals surface area contributed by atoms with Crippen LogP contribution in [0.3, 0.4) is 0 Å². The molecular formula is C15H11ClN2O. The maximum Gasteiger partial charge on any atom is 0.146 e. The van der Waals surface area contributed by atoms with Crippen LogP contribution in [0.25, 0.3) is 10.9 Å². The Hall–Kier alpha value is -2.26. The molecule has 1 heterocycles. The van der Waals surface area contributed by atoms with Crippen LogP contribution in [0, 0.1) is 0 Å². The van der Waals surface area contributed by atoms with Gasteiger partial charge in [-0.15, -0.1) is 0 Å². The van der Waals surface area contributed by atoms with Gasteiger partial charge >= 0.3 is 0 Å². The fourth-order valence-corrected chi connectivity index (χ4v) is 2.04. The van der Waals surface area contributed by atoms with Gasteiger partial charge in [-0.05, 0) is 36.4 Å². The number of nitrogen functional groups attached to an aromatic ring is 1. The molecule has 3 nitrogen and oxygen atoms in total. The Balaban J connectivity index is 2.02. The SMILES string of the molecule is Nc1ccnc2ccc(Oc3ccccc3Cl)cc12. The third kappa shape index (κ3) is 2.33. The number of pyridine rings is 1. The van der Waals surface area contributed by atoms with Crippen LogP contribution in [0.4, 0.5) is 5.69 Å². The molecule has 19 heavy (non-hydrogen) atoms. The lowest BCUT2D eigenvalue weighted by Gasteiger charge is -2.08. The molecule has 2 N–H and O–H groups in total. The number of halogens is 1. The van der Waals surface area contributed by atoms with Crippen LogP contribution in [-0.2, 0) is 0 Å². The minimum absolute atomic E-state index is 0.571. The summed E-state index contributed by atoms with van der Waals surface area (Å²) in [4.78, 5) is 4.25. The Morgan fingerprint density at radius 2 is 1.89 bits per heavy atom. The van der Waals surface area contributed by atoms with E-state index in [0.717, 1.165) is 10.9 Å². The van der Waals surface area contributed by atoms with Crippen LogP contribution in [0.5, 0.6) is 11.5 Å². The van der Waals surface area contributed by atoms with Gasteiger partial charge < -0.3 is 10.5 Å². The predicted octanol–water partition coefficient (Wildman–Crippen LogP) is 4.26. The fourth-order valence-electron chi connectivity index (χ4n) is 1.86. The highest BCUT2D eigenvalue weighted by Crippen LogP contribution is 2.31. The van der Waals surface area contributed by atoms with Gasteiger partial charge in [-0.1, -0.05) is 23.7 Å². The molecule has 0 saturated heterocycles. The van der Waals surface area contributed by atoms with Crippen molar-refractivity contribution >= 4 is 28.2 Å². The van der Waals surface area contributed by atoms with E-state index in [1.807, 2.05) is 36.4 Å². The van der Waals surface area contributed by atoms with E-state index in [0.29, 0.717) is 22.2 Å². The number of nitrogens with zero attached hydrogens (tertiary/aromatic N) is 1. The molecule has 0 spiro atoms. The summed E-state index contributed by atoms with van der Waals surface area (Å²) in [5.74, 6) is 1.30. The maximum atomic E-state index is 6.06. The molecule has 0 aliphatic carbocycles. The largest absolute Gasteiger partial charge is 0.456 e. The molecule has 0 aliphatic rings. The Kier molecular flexibility index (Phi) is 2.97. The van der Waals surface area contributed by atoms with Crippen LogP contribution < -0.4 is 10.5 Å². The molecule has 2 aromatic carbocycles. The summed E-state index contributed by atoms with van der Waals surface area (Å²) in [5, 5.41) is 1.44. The maximum absolute atomic E-state index is 6.06. The highest BCUT2D eigenvalue weighted by molar-refractivity contribution is 6.32. The molecule has 0 saturated carbocycles. The van der Waals surface area contributed by atoms with Crippen LogP contribution in [0.15, 0.2) is 54.7 Å². The van der Waals surface area contributed by atoms with E-state index in [1.165, 1.54) is 0 Å². The van der Waals surface area contributed by atoms with Crippen LogP contribution in [0.1, 0.15) is 0 Å². The number of hydrogen-bond acceptors (Lipinski definition) is 3. The van der Waals surface area contributed by atoms with E-state index in [2.05, 4.69) is 4.98 Å². The molecular weight excluding hydrogens is 260 g/mol. The standard InChI is InChI=1S/C15H11ClN2O/c16-12-3-1-2-4-15(12)19-10-5-6-14-11(9-10)13(17)7-8-18-14/h1-9H,(H2,17,18). The summed E-state index contributed by atoms with van der Waals surface area (Å²) >= 11 is 6.06. The molecule has 0 unspecified atom stereocenters. The lowest BCUT2D eigenvalue weighted by atomic mass is 10.2. The Bertz CT molecular complexity index is 743. The van der Waals surface area contributed by atoms with Crippen molar-refractivity contribution in [3.05, 3.63) is 59.8 Å². The number of anilines is 1. The molecule has 0 bridgehead atoms. The predicted molar refractivity (Wildman–Crippen MR) is 77.7 cm³/mol. The van der Waals surface area contributed by atoms with Gasteiger partial charge in [0.05, 0.1) is 10.5 Å². The molecule has 4 heteroatoms. The molecule has 0 aliphatic heterocycles. The normalized spacial score (nSPS) is 10.6. The first-order valence-electron chi connectivity index (χ1n) is 5.81. The summed E-state index contributed by atoms with van der Waals surface area (Å²) < 4.78 is 5.76. The van der Waals surface area contributed by atoms with Gasteiger partial charge in [0.1, 0.15) is 11.5 Å². The quantitative estimate of drug-likeness (QED) is 0.757. The molecule has 0 amide bonds. The summed E-state index contributed by atoms with van der Waals surface area (Å²) in [6, 6.07) is 14.7. The van der Waals surface area contributed by atoms with E-state index in [1.54, 1.807) is 18.3 Å². The van der Waals surface area contributed by atoms with E-state index in [9.17, 15) is 0 Å². The number of ether oxygens (including phenoxy) is 1. The lowest BCUT2D eigenvalue weighted by molar-refractivity contribution is 0.483. The summed E-state index contributed by atoms with van der Waals surface area (Å²) in [6.45, 7) is 0. The monoisotopic (exact) mass is 270 g/mol. The Morgan fingerprint density at radius 1 is 1.05 bits per heavy atom.